The zero-order chi connectivity index (χ0) is 26.7. The van der Waals surface area contributed by atoms with Gasteiger partial charge in [-0.1, -0.05) is 42.8 Å². The van der Waals surface area contributed by atoms with Crippen LogP contribution in [0.3, 0.4) is 0 Å². The monoisotopic (exact) mass is 529 g/mol. The third-order valence-electron chi connectivity index (χ3n) is 5.67. The van der Waals surface area contributed by atoms with E-state index in [0.29, 0.717) is 22.6 Å². The molecule has 1 aromatic heterocycles. The second-order valence-corrected chi connectivity index (χ2v) is 8.67. The highest BCUT2D eigenvalue weighted by Crippen LogP contribution is 2.37. The summed E-state index contributed by atoms with van der Waals surface area (Å²) in [5.41, 5.74) is -0.501. The molecule has 0 bridgehead atoms. The van der Waals surface area contributed by atoms with E-state index in [1.807, 2.05) is 13.8 Å². The van der Waals surface area contributed by atoms with Gasteiger partial charge in [0.15, 0.2) is 17.3 Å². The Morgan fingerprint density at radius 1 is 1.14 bits per heavy atom. The van der Waals surface area contributed by atoms with Crippen molar-refractivity contribution < 1.29 is 22.6 Å². The SMILES string of the molecule is CC[C@H](C)Oc1c(Cl)cc(C=Nn2c(-c3cccc(C(F)(F)F)c3)nc3ccccc3c2=O)cc1OC. The number of aromatic nitrogens is 2. The summed E-state index contributed by atoms with van der Waals surface area (Å²) in [4.78, 5) is 17.8. The first-order valence-electron chi connectivity index (χ1n) is 11.4. The van der Waals surface area contributed by atoms with E-state index in [4.69, 9.17) is 21.1 Å². The molecule has 192 valence electrons. The lowest BCUT2D eigenvalue weighted by atomic mass is 10.1. The van der Waals surface area contributed by atoms with Crippen LogP contribution in [0.1, 0.15) is 31.4 Å². The van der Waals surface area contributed by atoms with Crippen molar-refractivity contribution in [3.05, 3.63) is 87.2 Å². The molecule has 1 atom stereocenters. The molecule has 4 rings (SSSR count). The molecular weight excluding hydrogens is 507 g/mol. The van der Waals surface area contributed by atoms with Gasteiger partial charge in [-0.3, -0.25) is 4.79 Å². The van der Waals surface area contributed by atoms with Gasteiger partial charge in [-0.2, -0.15) is 22.9 Å². The van der Waals surface area contributed by atoms with E-state index < -0.39 is 17.3 Å². The summed E-state index contributed by atoms with van der Waals surface area (Å²) in [6, 6.07) is 14.4. The van der Waals surface area contributed by atoms with Crippen LogP contribution in [0.25, 0.3) is 22.3 Å². The molecule has 6 nitrogen and oxygen atoms in total. The van der Waals surface area contributed by atoms with Crippen molar-refractivity contribution in [2.45, 2.75) is 32.5 Å². The minimum Gasteiger partial charge on any atom is -0.493 e. The molecule has 0 radical (unpaired) electrons. The summed E-state index contributed by atoms with van der Waals surface area (Å²) in [5.74, 6) is 0.710. The van der Waals surface area contributed by atoms with Crippen LogP contribution in [-0.4, -0.2) is 29.1 Å². The molecule has 0 N–H and O–H groups in total. The van der Waals surface area contributed by atoms with Crippen LogP contribution >= 0.6 is 11.6 Å². The number of alkyl halides is 3. The minimum atomic E-state index is -4.56. The maximum atomic E-state index is 13.4. The molecule has 0 unspecified atom stereocenters. The fourth-order valence-electron chi connectivity index (χ4n) is 3.59. The van der Waals surface area contributed by atoms with E-state index in [1.54, 1.807) is 36.4 Å². The molecule has 4 aromatic rings. The van der Waals surface area contributed by atoms with Gasteiger partial charge in [0, 0.05) is 5.56 Å². The van der Waals surface area contributed by atoms with Crippen LogP contribution in [0.4, 0.5) is 13.2 Å². The summed E-state index contributed by atoms with van der Waals surface area (Å²) in [6.45, 7) is 3.88. The molecule has 0 spiro atoms. The van der Waals surface area contributed by atoms with Crippen molar-refractivity contribution >= 4 is 28.7 Å². The fourth-order valence-corrected chi connectivity index (χ4v) is 3.85. The van der Waals surface area contributed by atoms with Gasteiger partial charge >= 0.3 is 6.18 Å². The number of para-hydroxylation sites is 1. The van der Waals surface area contributed by atoms with Crippen LogP contribution in [0, 0.1) is 0 Å². The van der Waals surface area contributed by atoms with Gasteiger partial charge in [0.25, 0.3) is 5.56 Å². The van der Waals surface area contributed by atoms with E-state index >= 15 is 0 Å². The molecule has 0 aliphatic heterocycles. The molecule has 0 saturated heterocycles. The molecule has 0 amide bonds. The average molecular weight is 530 g/mol. The van der Waals surface area contributed by atoms with Crippen molar-refractivity contribution in [2.75, 3.05) is 7.11 Å². The molecule has 0 aliphatic rings. The van der Waals surface area contributed by atoms with Gasteiger partial charge in [-0.05, 0) is 55.3 Å². The van der Waals surface area contributed by atoms with Crippen LogP contribution < -0.4 is 15.0 Å². The first-order valence-corrected chi connectivity index (χ1v) is 11.8. The number of hydrogen-bond acceptors (Lipinski definition) is 5. The third kappa shape index (κ3) is 5.61. The van der Waals surface area contributed by atoms with Gasteiger partial charge < -0.3 is 9.47 Å². The predicted octanol–water partition coefficient (Wildman–Crippen LogP) is 6.80. The molecule has 37 heavy (non-hydrogen) atoms. The average Bonchev–Trinajstić information content (AvgIpc) is 2.88. The minimum absolute atomic E-state index is 0.0409. The summed E-state index contributed by atoms with van der Waals surface area (Å²) in [6.07, 6.45) is -2.54. The fraction of sp³-hybridized carbons (Fsp3) is 0.222. The predicted molar refractivity (Wildman–Crippen MR) is 138 cm³/mol. The zero-order valence-electron chi connectivity index (χ0n) is 20.2. The van der Waals surface area contributed by atoms with Crippen LogP contribution in [0.15, 0.2) is 70.6 Å². The number of fused-ring (bicyclic) bond motifs is 1. The van der Waals surface area contributed by atoms with Crippen molar-refractivity contribution in [2.24, 2.45) is 5.10 Å². The number of rotatable bonds is 7. The van der Waals surface area contributed by atoms with E-state index in [-0.39, 0.29) is 27.9 Å². The van der Waals surface area contributed by atoms with E-state index in [0.717, 1.165) is 23.2 Å². The maximum absolute atomic E-state index is 13.4. The summed E-state index contributed by atoms with van der Waals surface area (Å²) in [5, 5.41) is 4.85. The Balaban J connectivity index is 1.86. The summed E-state index contributed by atoms with van der Waals surface area (Å²) < 4.78 is 52.4. The number of methoxy groups -OCH3 is 1. The highest BCUT2D eigenvalue weighted by Gasteiger charge is 2.31. The molecule has 3 aromatic carbocycles. The number of ether oxygens (including phenoxy) is 2. The van der Waals surface area contributed by atoms with Crippen LogP contribution in [0.5, 0.6) is 11.5 Å². The Labute approximate surface area is 215 Å². The second-order valence-electron chi connectivity index (χ2n) is 8.26. The molecule has 0 aliphatic carbocycles. The quantitative estimate of drug-likeness (QED) is 0.247. The van der Waals surface area contributed by atoms with Gasteiger partial charge in [0.05, 0.1) is 40.9 Å². The third-order valence-corrected chi connectivity index (χ3v) is 5.95. The lowest BCUT2D eigenvalue weighted by Crippen LogP contribution is -2.20. The topological polar surface area (TPSA) is 65.7 Å². The first kappa shape index (κ1) is 26.2. The highest BCUT2D eigenvalue weighted by molar-refractivity contribution is 6.32. The standard InChI is InChI=1S/C27H23ClF3N3O3/c1-4-16(2)37-24-21(28)12-17(13-23(24)36-3)15-32-34-25(18-8-7-9-19(14-18)27(29,30)31)33-22-11-6-5-10-20(22)26(34)35/h5-16H,4H2,1-3H3/t16-/m0/s1. The Hall–Kier alpha value is -3.85. The van der Waals surface area contributed by atoms with Crippen molar-refractivity contribution in [1.29, 1.82) is 0 Å². The smallest absolute Gasteiger partial charge is 0.416 e. The number of nitrogens with zero attached hydrogens (tertiary/aromatic N) is 3. The Morgan fingerprint density at radius 3 is 2.59 bits per heavy atom. The molecular formula is C27H23ClF3N3O3. The summed E-state index contributed by atoms with van der Waals surface area (Å²) in [7, 11) is 1.47. The number of hydrogen-bond donors (Lipinski definition) is 0. The van der Waals surface area contributed by atoms with E-state index in [2.05, 4.69) is 10.1 Å². The molecule has 0 fully saturated rings. The second kappa shape index (κ2) is 10.6. The lowest BCUT2D eigenvalue weighted by molar-refractivity contribution is -0.137. The van der Waals surface area contributed by atoms with Crippen molar-refractivity contribution in [1.82, 2.24) is 9.66 Å². The Kier molecular flexibility index (Phi) is 7.54. The zero-order valence-corrected chi connectivity index (χ0v) is 21.0. The maximum Gasteiger partial charge on any atom is 0.416 e. The summed E-state index contributed by atoms with van der Waals surface area (Å²) >= 11 is 6.44. The van der Waals surface area contributed by atoms with E-state index in [9.17, 15) is 18.0 Å². The van der Waals surface area contributed by atoms with Crippen molar-refractivity contribution in [3.63, 3.8) is 0 Å². The Bertz CT molecular complexity index is 1530. The Morgan fingerprint density at radius 2 is 1.89 bits per heavy atom. The van der Waals surface area contributed by atoms with Crippen molar-refractivity contribution in [3.8, 4) is 22.9 Å². The molecule has 10 heteroatoms. The number of benzene rings is 3. The van der Waals surface area contributed by atoms with Gasteiger partial charge in [0.2, 0.25) is 0 Å². The lowest BCUT2D eigenvalue weighted by Gasteiger charge is -2.17. The first-order chi connectivity index (χ1) is 17.6. The van der Waals surface area contributed by atoms with Gasteiger partial charge in [-0.15, -0.1) is 0 Å². The van der Waals surface area contributed by atoms with Gasteiger partial charge in [0.1, 0.15) is 0 Å². The number of halogens is 4. The normalized spacial score (nSPS) is 12.7. The van der Waals surface area contributed by atoms with E-state index in [1.165, 1.54) is 25.5 Å². The van der Waals surface area contributed by atoms with Gasteiger partial charge in [-0.25, -0.2) is 4.98 Å². The highest BCUT2D eigenvalue weighted by atomic mass is 35.5. The largest absolute Gasteiger partial charge is 0.493 e. The van der Waals surface area contributed by atoms with Crippen LogP contribution in [0.2, 0.25) is 5.02 Å². The molecule has 0 saturated carbocycles. The van der Waals surface area contributed by atoms with Crippen LogP contribution in [-0.2, 0) is 6.18 Å². The molecule has 1 heterocycles.